The molecule has 17 heavy (non-hydrogen) atoms. The molecule has 0 unspecified atom stereocenters. The van der Waals surface area contributed by atoms with E-state index in [-0.39, 0.29) is 5.91 Å². The summed E-state index contributed by atoms with van der Waals surface area (Å²) in [5.41, 5.74) is 0. The van der Waals surface area contributed by atoms with Gasteiger partial charge in [0.25, 0.3) is 0 Å². The number of aromatic nitrogens is 1. The lowest BCUT2D eigenvalue weighted by atomic mass is 10.4. The van der Waals surface area contributed by atoms with E-state index >= 15 is 0 Å². The summed E-state index contributed by atoms with van der Waals surface area (Å²) in [6.07, 6.45) is 1.76. The van der Waals surface area contributed by atoms with E-state index in [0.717, 1.165) is 18.0 Å². The third-order valence-corrected chi connectivity index (χ3v) is 3.57. The molecule has 96 valence electrons. The first-order valence-corrected chi connectivity index (χ1v) is 6.82. The fraction of sp³-hybridized carbons (Fsp3) is 0.636. The lowest BCUT2D eigenvalue weighted by Crippen LogP contribution is -2.38. The molecule has 1 rings (SSSR count). The number of likely N-dealkylation sites (N-methyl/N-ethyl adjacent to an activating group) is 2. The van der Waals surface area contributed by atoms with Crippen molar-refractivity contribution in [2.24, 2.45) is 0 Å². The molecular weight excluding hydrogens is 258 g/mol. The number of thiazole rings is 1. The van der Waals surface area contributed by atoms with E-state index in [0.29, 0.717) is 17.6 Å². The summed E-state index contributed by atoms with van der Waals surface area (Å²) in [7, 11) is 1.93. The lowest BCUT2D eigenvalue weighted by Gasteiger charge is -2.22. The molecule has 0 aliphatic carbocycles. The predicted molar refractivity (Wildman–Crippen MR) is 71.4 cm³/mol. The van der Waals surface area contributed by atoms with Crippen LogP contribution in [0, 0.1) is 0 Å². The largest absolute Gasteiger partial charge is 0.342 e. The van der Waals surface area contributed by atoms with Crippen LogP contribution >= 0.6 is 22.9 Å². The smallest absolute Gasteiger partial charge is 0.236 e. The van der Waals surface area contributed by atoms with Gasteiger partial charge < -0.3 is 4.90 Å². The molecular formula is C11H18ClN3OS. The van der Waals surface area contributed by atoms with Gasteiger partial charge in [-0.3, -0.25) is 9.69 Å². The number of nitrogens with zero attached hydrogens (tertiary/aromatic N) is 3. The topological polar surface area (TPSA) is 36.4 Å². The highest BCUT2D eigenvalue weighted by Gasteiger charge is 2.13. The van der Waals surface area contributed by atoms with Crippen LogP contribution in [0.15, 0.2) is 6.20 Å². The number of hydrogen-bond acceptors (Lipinski definition) is 4. The average molecular weight is 276 g/mol. The first kappa shape index (κ1) is 14.4. The van der Waals surface area contributed by atoms with Crippen molar-refractivity contribution >= 4 is 28.8 Å². The van der Waals surface area contributed by atoms with Gasteiger partial charge in [0.15, 0.2) is 4.47 Å². The molecule has 4 nitrogen and oxygen atoms in total. The Balaban J connectivity index is 2.44. The number of halogens is 1. The zero-order chi connectivity index (χ0) is 12.8. The maximum atomic E-state index is 11.9. The zero-order valence-corrected chi connectivity index (χ0v) is 12.0. The van der Waals surface area contributed by atoms with Gasteiger partial charge in [0.1, 0.15) is 0 Å². The van der Waals surface area contributed by atoms with Gasteiger partial charge in [0.2, 0.25) is 5.91 Å². The van der Waals surface area contributed by atoms with E-state index in [4.69, 9.17) is 11.6 Å². The summed E-state index contributed by atoms with van der Waals surface area (Å²) in [4.78, 5) is 20.7. The molecule has 0 bridgehead atoms. The number of carbonyl (C=O) groups is 1. The van der Waals surface area contributed by atoms with Crippen LogP contribution < -0.4 is 0 Å². The quantitative estimate of drug-likeness (QED) is 0.798. The van der Waals surface area contributed by atoms with Crippen LogP contribution in [-0.4, -0.2) is 47.4 Å². The van der Waals surface area contributed by atoms with Crippen molar-refractivity contribution in [3.63, 3.8) is 0 Å². The molecule has 0 aromatic carbocycles. The minimum absolute atomic E-state index is 0.160. The van der Waals surface area contributed by atoms with E-state index in [9.17, 15) is 4.79 Å². The van der Waals surface area contributed by atoms with Gasteiger partial charge in [0.05, 0.1) is 6.54 Å². The highest BCUT2D eigenvalue weighted by Crippen LogP contribution is 2.18. The van der Waals surface area contributed by atoms with Crippen molar-refractivity contribution in [3.05, 3.63) is 15.5 Å². The Hall–Kier alpha value is -0.650. The number of hydrogen-bond donors (Lipinski definition) is 0. The Bertz CT molecular complexity index is 365. The van der Waals surface area contributed by atoms with Gasteiger partial charge in [-0.2, -0.15) is 0 Å². The van der Waals surface area contributed by atoms with Crippen molar-refractivity contribution in [2.75, 3.05) is 26.7 Å². The Morgan fingerprint density at radius 1 is 1.47 bits per heavy atom. The van der Waals surface area contributed by atoms with E-state index < -0.39 is 0 Å². The Kier molecular flexibility index (Phi) is 5.88. The third-order valence-electron chi connectivity index (χ3n) is 2.47. The Labute approximate surface area is 111 Å². The highest BCUT2D eigenvalue weighted by molar-refractivity contribution is 7.15. The number of carbonyl (C=O) groups excluding carboxylic acids is 1. The average Bonchev–Trinajstić information content (AvgIpc) is 2.65. The summed E-state index contributed by atoms with van der Waals surface area (Å²) >= 11 is 7.21. The van der Waals surface area contributed by atoms with Crippen LogP contribution in [0.4, 0.5) is 0 Å². The standard InChI is InChI=1S/C11H18ClN3OS/c1-4-15(5-2)10(16)8-14(3)7-9-6-13-11(12)17-9/h6H,4-5,7-8H2,1-3H3. The molecule has 1 aromatic rings. The van der Waals surface area contributed by atoms with Gasteiger partial charge >= 0.3 is 0 Å². The van der Waals surface area contributed by atoms with Gasteiger partial charge in [-0.25, -0.2) is 4.98 Å². The fourth-order valence-electron chi connectivity index (χ4n) is 1.59. The molecule has 0 fully saturated rings. The van der Waals surface area contributed by atoms with Gasteiger partial charge in [-0.05, 0) is 20.9 Å². The molecule has 0 saturated carbocycles. The van der Waals surface area contributed by atoms with Crippen LogP contribution in [0.25, 0.3) is 0 Å². The van der Waals surface area contributed by atoms with Crippen LogP contribution in [0.3, 0.4) is 0 Å². The SMILES string of the molecule is CCN(CC)C(=O)CN(C)Cc1cnc(Cl)s1. The van der Waals surface area contributed by atoms with E-state index in [1.807, 2.05) is 30.7 Å². The predicted octanol–water partition coefficient (Wildman–Crippen LogP) is 2.10. The normalized spacial score (nSPS) is 10.9. The van der Waals surface area contributed by atoms with Crippen molar-refractivity contribution in [3.8, 4) is 0 Å². The maximum absolute atomic E-state index is 11.9. The molecule has 0 atom stereocenters. The molecule has 0 saturated heterocycles. The molecule has 6 heteroatoms. The zero-order valence-electron chi connectivity index (χ0n) is 10.4. The second kappa shape index (κ2) is 6.93. The van der Waals surface area contributed by atoms with Gasteiger partial charge in [-0.15, -0.1) is 11.3 Å². The van der Waals surface area contributed by atoms with Crippen molar-refractivity contribution in [1.82, 2.24) is 14.8 Å². The molecule has 0 N–H and O–H groups in total. The molecule has 1 aromatic heterocycles. The van der Waals surface area contributed by atoms with Crippen LogP contribution in [0.2, 0.25) is 4.47 Å². The minimum Gasteiger partial charge on any atom is -0.342 e. The van der Waals surface area contributed by atoms with Gasteiger partial charge in [0, 0.05) is 30.7 Å². The lowest BCUT2D eigenvalue weighted by molar-refractivity contribution is -0.131. The summed E-state index contributed by atoms with van der Waals surface area (Å²) in [5.74, 6) is 0.160. The summed E-state index contributed by atoms with van der Waals surface area (Å²) < 4.78 is 0.545. The van der Waals surface area contributed by atoms with E-state index in [2.05, 4.69) is 4.98 Å². The highest BCUT2D eigenvalue weighted by atomic mass is 35.5. The monoisotopic (exact) mass is 275 g/mol. The second-order valence-corrected chi connectivity index (χ2v) is 5.52. The first-order valence-electron chi connectivity index (χ1n) is 5.63. The molecule has 0 aliphatic rings. The number of amides is 1. The Morgan fingerprint density at radius 2 is 2.12 bits per heavy atom. The summed E-state index contributed by atoms with van der Waals surface area (Å²) in [5, 5.41) is 0. The third kappa shape index (κ3) is 4.61. The minimum atomic E-state index is 0.160. The van der Waals surface area contributed by atoms with Gasteiger partial charge in [-0.1, -0.05) is 11.6 Å². The molecule has 0 aliphatic heterocycles. The fourth-order valence-corrected chi connectivity index (χ4v) is 2.64. The molecule has 0 radical (unpaired) electrons. The van der Waals surface area contributed by atoms with Crippen molar-refractivity contribution < 1.29 is 4.79 Å². The Morgan fingerprint density at radius 3 is 2.59 bits per heavy atom. The summed E-state index contributed by atoms with van der Waals surface area (Å²) in [6, 6.07) is 0. The first-order chi connectivity index (χ1) is 8.06. The molecule has 0 spiro atoms. The second-order valence-electron chi connectivity index (χ2n) is 3.82. The van der Waals surface area contributed by atoms with Crippen molar-refractivity contribution in [2.45, 2.75) is 20.4 Å². The molecule has 1 heterocycles. The van der Waals surface area contributed by atoms with Crippen LogP contribution in [0.1, 0.15) is 18.7 Å². The van der Waals surface area contributed by atoms with Crippen LogP contribution in [0.5, 0.6) is 0 Å². The maximum Gasteiger partial charge on any atom is 0.236 e. The van der Waals surface area contributed by atoms with Crippen molar-refractivity contribution in [1.29, 1.82) is 0 Å². The van der Waals surface area contributed by atoms with E-state index in [1.54, 1.807) is 6.20 Å². The van der Waals surface area contributed by atoms with E-state index in [1.165, 1.54) is 11.3 Å². The number of rotatable bonds is 6. The molecule has 1 amide bonds. The summed E-state index contributed by atoms with van der Waals surface area (Å²) in [6.45, 7) is 6.63. The van der Waals surface area contributed by atoms with Crippen LogP contribution in [-0.2, 0) is 11.3 Å².